The van der Waals surface area contributed by atoms with Crippen LogP contribution in [0.25, 0.3) is 0 Å². The largest absolute Gasteiger partial charge is 0.357 e. The number of carbonyl (C=O) groups is 2. The minimum Gasteiger partial charge on any atom is -0.357 e. The maximum atomic E-state index is 12.0. The summed E-state index contributed by atoms with van der Waals surface area (Å²) in [4.78, 5) is 29.1. The third-order valence-corrected chi connectivity index (χ3v) is 3.07. The van der Waals surface area contributed by atoms with Crippen LogP contribution >= 0.6 is 11.6 Å². The van der Waals surface area contributed by atoms with Gasteiger partial charge in [-0.05, 0) is 26.0 Å². The van der Waals surface area contributed by atoms with Gasteiger partial charge in [0, 0.05) is 12.2 Å². The number of nitrogens with zero attached hydrogens (tertiary/aromatic N) is 2. The lowest BCUT2D eigenvalue weighted by Crippen LogP contribution is -2.39. The number of pyridine rings is 1. The SMILES string of the molecule is CC(C)N1C(=O)CC(Nc2ncccc2Cl)C1=O. The minimum absolute atomic E-state index is 0.129. The summed E-state index contributed by atoms with van der Waals surface area (Å²) >= 11 is 5.95. The molecule has 18 heavy (non-hydrogen) atoms. The highest BCUT2D eigenvalue weighted by Crippen LogP contribution is 2.23. The predicted octanol–water partition coefficient (Wildman–Crippen LogP) is 1.68. The lowest BCUT2D eigenvalue weighted by molar-refractivity contribution is -0.140. The first kappa shape index (κ1) is 12.8. The molecule has 1 N–H and O–H groups in total. The molecular formula is C12H14ClN3O2. The van der Waals surface area contributed by atoms with E-state index in [1.165, 1.54) is 4.90 Å². The van der Waals surface area contributed by atoms with Crippen molar-refractivity contribution in [3.63, 3.8) is 0 Å². The summed E-state index contributed by atoms with van der Waals surface area (Å²) in [6.45, 7) is 3.62. The molecule has 0 bridgehead atoms. The van der Waals surface area contributed by atoms with Crippen LogP contribution in [0.2, 0.25) is 5.02 Å². The zero-order valence-electron chi connectivity index (χ0n) is 10.2. The van der Waals surface area contributed by atoms with E-state index in [0.29, 0.717) is 10.8 Å². The lowest BCUT2D eigenvalue weighted by Gasteiger charge is -2.19. The average Bonchev–Trinajstić information content (AvgIpc) is 2.57. The number of rotatable bonds is 3. The van der Waals surface area contributed by atoms with E-state index < -0.39 is 6.04 Å². The third-order valence-electron chi connectivity index (χ3n) is 2.77. The molecule has 1 atom stereocenters. The quantitative estimate of drug-likeness (QED) is 0.847. The smallest absolute Gasteiger partial charge is 0.252 e. The number of carbonyl (C=O) groups excluding carboxylic acids is 2. The van der Waals surface area contributed by atoms with E-state index in [1.807, 2.05) is 13.8 Å². The summed E-state index contributed by atoms with van der Waals surface area (Å²) in [6.07, 6.45) is 1.72. The Labute approximate surface area is 110 Å². The van der Waals surface area contributed by atoms with E-state index in [4.69, 9.17) is 11.6 Å². The molecule has 2 heterocycles. The fourth-order valence-electron chi connectivity index (χ4n) is 1.96. The van der Waals surface area contributed by atoms with Crippen LogP contribution in [0.3, 0.4) is 0 Å². The van der Waals surface area contributed by atoms with Gasteiger partial charge in [0.05, 0.1) is 11.4 Å². The molecule has 6 heteroatoms. The minimum atomic E-state index is -0.577. The lowest BCUT2D eigenvalue weighted by atomic mass is 10.2. The molecule has 1 aliphatic rings. The summed E-state index contributed by atoms with van der Waals surface area (Å²) in [6, 6.07) is 2.68. The Bertz CT molecular complexity index is 490. The Morgan fingerprint density at radius 2 is 2.22 bits per heavy atom. The maximum Gasteiger partial charge on any atom is 0.252 e. The molecule has 1 aliphatic heterocycles. The average molecular weight is 268 g/mol. The third kappa shape index (κ3) is 2.31. The van der Waals surface area contributed by atoms with Crippen molar-refractivity contribution in [2.45, 2.75) is 32.4 Å². The van der Waals surface area contributed by atoms with Crippen molar-refractivity contribution in [1.82, 2.24) is 9.88 Å². The van der Waals surface area contributed by atoms with E-state index in [-0.39, 0.29) is 24.3 Å². The van der Waals surface area contributed by atoms with Crippen molar-refractivity contribution < 1.29 is 9.59 Å². The van der Waals surface area contributed by atoms with Crippen LogP contribution < -0.4 is 5.32 Å². The molecule has 96 valence electrons. The first-order valence-corrected chi connectivity index (χ1v) is 6.11. The van der Waals surface area contributed by atoms with Crippen molar-refractivity contribution in [3.8, 4) is 0 Å². The highest BCUT2D eigenvalue weighted by molar-refractivity contribution is 6.33. The van der Waals surface area contributed by atoms with E-state index in [1.54, 1.807) is 18.3 Å². The van der Waals surface area contributed by atoms with Gasteiger partial charge in [-0.3, -0.25) is 14.5 Å². The molecule has 1 fully saturated rings. The summed E-state index contributed by atoms with van der Waals surface area (Å²) < 4.78 is 0. The maximum absolute atomic E-state index is 12.0. The number of amides is 2. The number of likely N-dealkylation sites (tertiary alicyclic amines) is 1. The van der Waals surface area contributed by atoms with Gasteiger partial charge < -0.3 is 5.32 Å². The van der Waals surface area contributed by atoms with E-state index in [2.05, 4.69) is 10.3 Å². The Hall–Kier alpha value is -1.62. The Morgan fingerprint density at radius 1 is 1.50 bits per heavy atom. The highest BCUT2D eigenvalue weighted by Gasteiger charge is 2.40. The normalized spacial score (nSPS) is 19.8. The van der Waals surface area contributed by atoms with Gasteiger partial charge in [0.25, 0.3) is 5.91 Å². The second kappa shape index (κ2) is 4.94. The Balaban J connectivity index is 2.15. The summed E-state index contributed by atoms with van der Waals surface area (Å²) in [5.74, 6) is 0.0344. The van der Waals surface area contributed by atoms with Crippen LogP contribution in [0, 0.1) is 0 Å². The van der Waals surface area contributed by atoms with Crippen molar-refractivity contribution in [1.29, 1.82) is 0 Å². The van der Waals surface area contributed by atoms with Gasteiger partial charge in [-0.25, -0.2) is 4.98 Å². The van der Waals surface area contributed by atoms with E-state index >= 15 is 0 Å². The van der Waals surface area contributed by atoms with Crippen molar-refractivity contribution in [2.24, 2.45) is 0 Å². The van der Waals surface area contributed by atoms with Crippen molar-refractivity contribution in [3.05, 3.63) is 23.4 Å². The van der Waals surface area contributed by atoms with Crippen LogP contribution in [0.4, 0.5) is 5.82 Å². The molecule has 1 aromatic rings. The molecule has 0 spiro atoms. The molecule has 0 aromatic carbocycles. The Morgan fingerprint density at radius 3 is 2.78 bits per heavy atom. The van der Waals surface area contributed by atoms with Gasteiger partial charge >= 0.3 is 0 Å². The van der Waals surface area contributed by atoms with Gasteiger partial charge in [0.15, 0.2) is 0 Å². The monoisotopic (exact) mass is 267 g/mol. The van der Waals surface area contributed by atoms with Gasteiger partial charge in [-0.15, -0.1) is 0 Å². The molecule has 0 saturated carbocycles. The topological polar surface area (TPSA) is 62.3 Å². The molecular weight excluding hydrogens is 254 g/mol. The number of hydrogen-bond donors (Lipinski definition) is 1. The predicted molar refractivity (Wildman–Crippen MR) is 68.3 cm³/mol. The molecule has 2 amide bonds. The van der Waals surface area contributed by atoms with Gasteiger partial charge in [0.2, 0.25) is 5.91 Å². The molecule has 2 rings (SSSR count). The Kier molecular flexibility index (Phi) is 3.52. The van der Waals surface area contributed by atoms with Crippen molar-refractivity contribution in [2.75, 3.05) is 5.32 Å². The standard InChI is InChI=1S/C12H14ClN3O2/c1-7(2)16-10(17)6-9(12(16)18)15-11-8(13)4-3-5-14-11/h3-5,7,9H,6H2,1-2H3,(H,14,15). The van der Waals surface area contributed by atoms with Crippen LogP contribution in [0.15, 0.2) is 18.3 Å². The van der Waals surface area contributed by atoms with Crippen LogP contribution in [-0.2, 0) is 9.59 Å². The van der Waals surface area contributed by atoms with Crippen LogP contribution in [0.1, 0.15) is 20.3 Å². The van der Waals surface area contributed by atoms with Crippen LogP contribution in [-0.4, -0.2) is 33.8 Å². The number of aromatic nitrogens is 1. The molecule has 1 saturated heterocycles. The first-order chi connectivity index (χ1) is 8.50. The fourth-order valence-corrected chi connectivity index (χ4v) is 2.14. The second-order valence-electron chi connectivity index (χ2n) is 4.43. The number of hydrogen-bond acceptors (Lipinski definition) is 4. The van der Waals surface area contributed by atoms with Gasteiger partial charge in [-0.1, -0.05) is 11.6 Å². The van der Waals surface area contributed by atoms with E-state index in [0.717, 1.165) is 0 Å². The molecule has 5 nitrogen and oxygen atoms in total. The zero-order chi connectivity index (χ0) is 13.3. The second-order valence-corrected chi connectivity index (χ2v) is 4.84. The zero-order valence-corrected chi connectivity index (χ0v) is 10.9. The van der Waals surface area contributed by atoms with Gasteiger partial charge in [-0.2, -0.15) is 0 Å². The number of nitrogens with one attached hydrogen (secondary N) is 1. The highest BCUT2D eigenvalue weighted by atomic mass is 35.5. The molecule has 1 unspecified atom stereocenters. The molecule has 0 radical (unpaired) electrons. The van der Waals surface area contributed by atoms with Crippen LogP contribution in [0.5, 0.6) is 0 Å². The fraction of sp³-hybridized carbons (Fsp3) is 0.417. The summed E-state index contributed by atoms with van der Waals surface area (Å²) in [5, 5.41) is 3.35. The molecule has 1 aromatic heterocycles. The first-order valence-electron chi connectivity index (χ1n) is 5.73. The summed E-state index contributed by atoms with van der Waals surface area (Å²) in [7, 11) is 0. The summed E-state index contributed by atoms with van der Waals surface area (Å²) in [5.41, 5.74) is 0. The molecule has 0 aliphatic carbocycles. The number of halogens is 1. The van der Waals surface area contributed by atoms with Gasteiger partial charge in [0.1, 0.15) is 11.9 Å². The van der Waals surface area contributed by atoms with Crippen molar-refractivity contribution >= 4 is 29.2 Å². The number of anilines is 1. The van der Waals surface area contributed by atoms with E-state index in [9.17, 15) is 9.59 Å². The number of imide groups is 1.